The number of aromatic nitrogens is 1. The van der Waals surface area contributed by atoms with Gasteiger partial charge in [0, 0.05) is 10.9 Å². The maximum Gasteiger partial charge on any atom is 0.311 e. The second kappa shape index (κ2) is 10.2. The van der Waals surface area contributed by atoms with Crippen LogP contribution in [0, 0.1) is 0 Å². The molecule has 0 bridgehead atoms. The van der Waals surface area contributed by atoms with Crippen LogP contribution in [0.4, 0.5) is 5.13 Å². The van der Waals surface area contributed by atoms with Gasteiger partial charge in [0.25, 0.3) is 0 Å². The summed E-state index contributed by atoms with van der Waals surface area (Å²) in [6, 6.07) is 12.9. The molecule has 1 aromatic heterocycles. The lowest BCUT2D eigenvalue weighted by atomic mass is 10.2. The second-order valence-corrected chi connectivity index (χ2v) is 8.99. The van der Waals surface area contributed by atoms with Crippen LogP contribution >= 0.6 is 11.3 Å². The predicted molar refractivity (Wildman–Crippen MR) is 119 cm³/mol. The normalized spacial score (nSPS) is 11.4. The number of nitrogens with zero attached hydrogens (tertiary/aromatic N) is 2. The van der Waals surface area contributed by atoms with E-state index in [9.17, 15) is 13.2 Å². The maximum atomic E-state index is 13.1. The summed E-state index contributed by atoms with van der Waals surface area (Å²) in [4.78, 5) is 16.1. The first-order valence-corrected chi connectivity index (χ1v) is 11.7. The van der Waals surface area contributed by atoms with Crippen LogP contribution in [0.5, 0.6) is 5.75 Å². The minimum atomic E-state index is -3.78. The lowest BCUT2D eigenvalue weighted by Gasteiger charge is -2.10. The molecule has 0 saturated heterocycles. The second-order valence-electron chi connectivity index (χ2n) is 6.22. The van der Waals surface area contributed by atoms with E-state index in [1.807, 2.05) is 0 Å². The largest absolute Gasteiger partial charge is 0.497 e. The first-order chi connectivity index (χ1) is 14.9. The molecular formula is C21H21N3O5S2. The number of benzene rings is 2. The van der Waals surface area contributed by atoms with Gasteiger partial charge < -0.3 is 9.47 Å². The summed E-state index contributed by atoms with van der Waals surface area (Å²) >= 11 is 1.28. The van der Waals surface area contributed by atoms with Gasteiger partial charge in [-0.3, -0.25) is 10.2 Å². The Morgan fingerprint density at radius 2 is 2.00 bits per heavy atom. The lowest BCUT2D eigenvalue weighted by Crippen LogP contribution is -2.07. The molecule has 3 aromatic rings. The zero-order chi connectivity index (χ0) is 22.3. The number of ether oxygens (including phenoxy) is 2. The first kappa shape index (κ1) is 22.4. The Morgan fingerprint density at radius 1 is 1.23 bits per heavy atom. The summed E-state index contributed by atoms with van der Waals surface area (Å²) in [5.74, 6) is 0.0694. The number of esters is 1. The van der Waals surface area contributed by atoms with Gasteiger partial charge in [-0.2, -0.15) is 5.10 Å². The van der Waals surface area contributed by atoms with Gasteiger partial charge in [-0.25, -0.2) is 13.4 Å². The molecule has 8 nitrogen and oxygen atoms in total. The lowest BCUT2D eigenvalue weighted by molar-refractivity contribution is -0.142. The summed E-state index contributed by atoms with van der Waals surface area (Å²) in [5, 5.41) is 6.31. The van der Waals surface area contributed by atoms with Crippen molar-refractivity contribution in [3.63, 3.8) is 0 Å². The smallest absolute Gasteiger partial charge is 0.311 e. The summed E-state index contributed by atoms with van der Waals surface area (Å²) in [5.41, 5.74) is 3.72. The molecule has 0 amide bonds. The molecule has 0 aliphatic rings. The molecule has 0 fully saturated rings. The fraction of sp³-hybridized carbons (Fsp3) is 0.190. The average molecular weight is 460 g/mol. The molecule has 0 radical (unpaired) electrons. The molecule has 0 unspecified atom stereocenters. The van der Waals surface area contributed by atoms with Gasteiger partial charge in [0.05, 0.1) is 41.8 Å². The molecule has 3 rings (SSSR count). The van der Waals surface area contributed by atoms with Gasteiger partial charge in [0.1, 0.15) is 5.75 Å². The van der Waals surface area contributed by atoms with Crippen LogP contribution in [0.25, 0.3) is 0 Å². The summed E-state index contributed by atoms with van der Waals surface area (Å²) in [7, 11) is -2.30. The van der Waals surface area contributed by atoms with E-state index in [2.05, 4.69) is 15.5 Å². The Labute approximate surface area is 184 Å². The Hall–Kier alpha value is -3.24. The van der Waals surface area contributed by atoms with Crippen molar-refractivity contribution in [2.75, 3.05) is 19.1 Å². The van der Waals surface area contributed by atoms with E-state index < -0.39 is 9.84 Å². The molecule has 162 valence electrons. The summed E-state index contributed by atoms with van der Waals surface area (Å²) in [6.07, 6.45) is 1.48. The molecular weight excluding hydrogens is 438 g/mol. The van der Waals surface area contributed by atoms with Crippen molar-refractivity contribution < 1.29 is 22.7 Å². The van der Waals surface area contributed by atoms with Gasteiger partial charge in [0.2, 0.25) is 15.0 Å². The highest BCUT2D eigenvalue weighted by Gasteiger charge is 2.21. The van der Waals surface area contributed by atoms with Crippen molar-refractivity contribution in [2.45, 2.75) is 23.1 Å². The molecule has 0 saturated carbocycles. The minimum Gasteiger partial charge on any atom is -0.497 e. The number of methoxy groups -OCH3 is 1. The Bertz CT molecular complexity index is 1170. The highest BCUT2D eigenvalue weighted by molar-refractivity contribution is 7.91. The molecule has 1 heterocycles. The monoisotopic (exact) mass is 459 g/mol. The van der Waals surface area contributed by atoms with Crippen LogP contribution in [0.1, 0.15) is 18.2 Å². The number of carbonyl (C=O) groups excluding carboxylic acids is 1. The van der Waals surface area contributed by atoms with Gasteiger partial charge in [-0.1, -0.05) is 18.2 Å². The van der Waals surface area contributed by atoms with Crippen LogP contribution in [-0.2, 0) is 25.8 Å². The van der Waals surface area contributed by atoms with E-state index in [1.165, 1.54) is 42.9 Å². The van der Waals surface area contributed by atoms with Crippen molar-refractivity contribution in [1.29, 1.82) is 0 Å². The Morgan fingerprint density at radius 3 is 2.71 bits per heavy atom. The quantitative estimate of drug-likeness (QED) is 0.296. The van der Waals surface area contributed by atoms with Crippen molar-refractivity contribution in [1.82, 2.24) is 4.98 Å². The topological polar surface area (TPSA) is 107 Å². The number of nitrogens with one attached hydrogen (secondary N) is 1. The molecule has 10 heteroatoms. The van der Waals surface area contributed by atoms with Crippen molar-refractivity contribution >= 4 is 38.5 Å². The van der Waals surface area contributed by atoms with Crippen molar-refractivity contribution in [3.05, 3.63) is 65.2 Å². The van der Waals surface area contributed by atoms with Crippen LogP contribution in [-0.4, -0.2) is 39.3 Å². The summed E-state index contributed by atoms with van der Waals surface area (Å²) in [6.45, 7) is 2.06. The van der Waals surface area contributed by atoms with E-state index in [0.717, 1.165) is 0 Å². The maximum absolute atomic E-state index is 13.1. The van der Waals surface area contributed by atoms with Gasteiger partial charge in [0.15, 0.2) is 0 Å². The minimum absolute atomic E-state index is 0.0748. The fourth-order valence-electron chi connectivity index (χ4n) is 2.66. The van der Waals surface area contributed by atoms with Gasteiger partial charge in [-0.05, 0) is 37.3 Å². The van der Waals surface area contributed by atoms with Crippen LogP contribution < -0.4 is 10.2 Å². The van der Waals surface area contributed by atoms with Crippen LogP contribution in [0.3, 0.4) is 0 Å². The zero-order valence-electron chi connectivity index (χ0n) is 16.9. The molecule has 0 atom stereocenters. The van der Waals surface area contributed by atoms with E-state index >= 15 is 0 Å². The summed E-state index contributed by atoms with van der Waals surface area (Å²) < 4.78 is 36.3. The zero-order valence-corrected chi connectivity index (χ0v) is 18.6. The Kier molecular flexibility index (Phi) is 7.37. The predicted octanol–water partition coefficient (Wildman–Crippen LogP) is 3.54. The molecule has 0 aliphatic carbocycles. The Balaban J connectivity index is 1.81. The standard InChI is InChI=1S/C21H21N3O5S2/c1-3-29-20(25)11-16-14-30-21(23-16)24-22-13-15-9-10-17(28-2)12-19(15)31(26,27)18-7-5-4-6-8-18/h4-10,12-14H,3,11H2,1-2H3,(H,23,24). The number of hydrazone groups is 1. The third-order valence-electron chi connectivity index (χ3n) is 4.11. The fourth-order valence-corrected chi connectivity index (χ4v) is 4.79. The molecule has 31 heavy (non-hydrogen) atoms. The van der Waals surface area contributed by atoms with Crippen LogP contribution in [0.2, 0.25) is 0 Å². The van der Waals surface area contributed by atoms with E-state index in [4.69, 9.17) is 9.47 Å². The van der Waals surface area contributed by atoms with E-state index in [-0.39, 0.29) is 22.2 Å². The third kappa shape index (κ3) is 5.68. The average Bonchev–Trinajstić information content (AvgIpc) is 3.21. The molecule has 0 spiro atoms. The first-order valence-electron chi connectivity index (χ1n) is 9.31. The van der Waals surface area contributed by atoms with E-state index in [1.54, 1.807) is 42.6 Å². The number of hydrogen-bond acceptors (Lipinski definition) is 9. The van der Waals surface area contributed by atoms with E-state index in [0.29, 0.717) is 28.7 Å². The van der Waals surface area contributed by atoms with Gasteiger partial charge >= 0.3 is 5.97 Å². The highest BCUT2D eigenvalue weighted by atomic mass is 32.2. The number of sulfone groups is 1. The highest BCUT2D eigenvalue weighted by Crippen LogP contribution is 2.27. The van der Waals surface area contributed by atoms with Crippen molar-refractivity contribution in [3.8, 4) is 5.75 Å². The number of carbonyl (C=O) groups is 1. The molecule has 2 aromatic carbocycles. The number of anilines is 1. The SMILES string of the molecule is CCOC(=O)Cc1csc(NN=Cc2ccc(OC)cc2S(=O)(=O)c2ccccc2)n1. The third-order valence-corrected chi connectivity index (χ3v) is 6.73. The number of rotatable bonds is 9. The molecule has 1 N–H and O–H groups in total. The molecule has 0 aliphatic heterocycles. The number of thiazole rings is 1. The number of hydrogen-bond donors (Lipinski definition) is 1. The van der Waals surface area contributed by atoms with Gasteiger partial charge in [-0.15, -0.1) is 11.3 Å². The van der Waals surface area contributed by atoms with Crippen molar-refractivity contribution in [2.24, 2.45) is 5.10 Å². The van der Waals surface area contributed by atoms with Crippen LogP contribution in [0.15, 0.2) is 68.8 Å².